The van der Waals surface area contributed by atoms with Gasteiger partial charge < -0.3 is 15.3 Å². The third-order valence-electron chi connectivity index (χ3n) is 12.3. The zero-order valence-electron chi connectivity index (χ0n) is 23.7. The quantitative estimate of drug-likeness (QED) is 0.288. The molecule has 2 N–H and O–H groups in total. The molecule has 204 valence electrons. The van der Waals surface area contributed by atoms with E-state index in [1.54, 1.807) is 4.90 Å². The normalized spacial score (nSPS) is 46.0. The average Bonchev–Trinajstić information content (AvgIpc) is 3.35. The van der Waals surface area contributed by atoms with Gasteiger partial charge in [-0.1, -0.05) is 32.9 Å². The topological polar surface area (TPSA) is 74.2 Å². The van der Waals surface area contributed by atoms with Gasteiger partial charge in [-0.15, -0.1) is 0 Å². The molecule has 0 radical (unpaired) electrons. The van der Waals surface area contributed by atoms with Crippen LogP contribution in [-0.2, 0) is 4.84 Å². The number of aliphatic hydroxyl groups excluding tert-OH is 1. The molecule has 0 aromatic heterocycles. The third kappa shape index (κ3) is 4.42. The molecule has 0 aromatic rings. The lowest BCUT2D eigenvalue weighted by atomic mass is 9.44. The predicted octanol–water partition coefficient (Wildman–Crippen LogP) is 5.84. The highest BCUT2D eigenvalue weighted by Gasteiger charge is 2.60. The molecule has 6 nitrogen and oxygen atoms in total. The van der Waals surface area contributed by atoms with Gasteiger partial charge in [0.25, 0.3) is 0 Å². The number of carbonyl (C=O) groups is 1. The number of amides is 1. The fourth-order valence-corrected chi connectivity index (χ4v) is 9.85. The van der Waals surface area contributed by atoms with Crippen molar-refractivity contribution in [3.63, 3.8) is 0 Å². The molecular formula is C30H51N3O3. The minimum atomic E-state index is -0.354. The van der Waals surface area contributed by atoms with Crippen molar-refractivity contribution in [3.05, 3.63) is 0 Å². The summed E-state index contributed by atoms with van der Waals surface area (Å²) in [7, 11) is 1.82. The molecule has 5 fully saturated rings. The van der Waals surface area contributed by atoms with Gasteiger partial charge in [-0.05, 0) is 118 Å². The van der Waals surface area contributed by atoms with Crippen LogP contribution >= 0.6 is 0 Å². The molecule has 0 aromatic carbocycles. The van der Waals surface area contributed by atoms with Gasteiger partial charge in [0, 0.05) is 25.6 Å². The Hall–Kier alpha value is -1.14. The van der Waals surface area contributed by atoms with E-state index in [9.17, 15) is 9.90 Å². The van der Waals surface area contributed by atoms with Crippen molar-refractivity contribution < 1.29 is 14.7 Å². The Morgan fingerprint density at radius 2 is 1.72 bits per heavy atom. The molecule has 36 heavy (non-hydrogen) atoms. The molecule has 0 spiro atoms. The molecule has 4 saturated carbocycles. The second-order valence-corrected chi connectivity index (χ2v) is 14.5. The number of nitrogens with one attached hydrogen (secondary N) is 1. The molecular weight excluding hydrogens is 450 g/mol. The van der Waals surface area contributed by atoms with Crippen LogP contribution in [0.3, 0.4) is 0 Å². The maximum Gasteiger partial charge on any atom is 0.435 e. The van der Waals surface area contributed by atoms with Gasteiger partial charge in [0.15, 0.2) is 0 Å². The van der Waals surface area contributed by atoms with Crippen LogP contribution in [0.1, 0.15) is 98.8 Å². The van der Waals surface area contributed by atoms with E-state index >= 15 is 0 Å². The largest absolute Gasteiger partial charge is 0.435 e. The van der Waals surface area contributed by atoms with Crippen LogP contribution in [0.15, 0.2) is 5.16 Å². The van der Waals surface area contributed by atoms with E-state index in [1.165, 1.54) is 38.5 Å². The predicted molar refractivity (Wildman–Crippen MR) is 144 cm³/mol. The summed E-state index contributed by atoms with van der Waals surface area (Å²) in [6.45, 7) is 13.3. The van der Waals surface area contributed by atoms with E-state index in [0.717, 1.165) is 55.7 Å². The summed E-state index contributed by atoms with van der Waals surface area (Å²) >= 11 is 0. The van der Waals surface area contributed by atoms with Crippen LogP contribution < -0.4 is 5.32 Å². The second kappa shape index (κ2) is 9.55. The first-order chi connectivity index (χ1) is 17.0. The Morgan fingerprint density at radius 1 is 1.00 bits per heavy atom. The fraction of sp³-hybridized carbons (Fsp3) is 0.933. The Kier molecular flexibility index (Phi) is 7.02. The number of likely N-dealkylation sites (N-methyl/N-ethyl adjacent to an activating group) is 1. The maximum atomic E-state index is 12.8. The number of fused-ring (bicyclic) bond motifs is 5. The van der Waals surface area contributed by atoms with Gasteiger partial charge in [-0.3, -0.25) is 4.84 Å². The smallest absolute Gasteiger partial charge is 0.393 e. The number of rotatable bonds is 4. The first kappa shape index (κ1) is 26.5. The number of nitrogens with zero attached hydrogens (tertiary/aromatic N) is 2. The lowest BCUT2D eigenvalue weighted by molar-refractivity contribution is -0.123. The van der Waals surface area contributed by atoms with E-state index in [-0.39, 0.29) is 29.1 Å². The summed E-state index contributed by atoms with van der Waals surface area (Å²) in [4.78, 5) is 19.9. The summed E-state index contributed by atoms with van der Waals surface area (Å²) in [5.41, 5.74) is 1.85. The van der Waals surface area contributed by atoms with Crippen molar-refractivity contribution in [2.45, 2.75) is 111 Å². The lowest BCUT2D eigenvalue weighted by Gasteiger charge is -2.61. The molecule has 1 amide bonds. The zero-order chi connectivity index (χ0) is 25.9. The summed E-state index contributed by atoms with van der Waals surface area (Å²) in [5, 5.41) is 18.3. The van der Waals surface area contributed by atoms with Crippen LogP contribution in [0, 0.1) is 45.8 Å². The number of aliphatic hydroxyl groups is 1. The monoisotopic (exact) mass is 501 g/mol. The van der Waals surface area contributed by atoms with Crippen LogP contribution in [0.5, 0.6) is 0 Å². The van der Waals surface area contributed by atoms with E-state index in [0.29, 0.717) is 23.8 Å². The number of carbonyl (C=O) groups excluding carboxylic acids is 1. The van der Waals surface area contributed by atoms with Crippen molar-refractivity contribution in [1.82, 2.24) is 10.2 Å². The zero-order valence-corrected chi connectivity index (χ0v) is 23.7. The molecule has 5 rings (SSSR count). The molecule has 5 aliphatic rings. The van der Waals surface area contributed by atoms with Crippen molar-refractivity contribution in [1.29, 1.82) is 0 Å². The van der Waals surface area contributed by atoms with E-state index < -0.39 is 0 Å². The standard InChI is InChI=1S/C30H51N3O3/c1-19(32-36-27(35)33(6)18-26-28(2,3)15-16-31-26)23-9-10-24-22-8-7-20-17-21(34)11-13-29(20,4)25(22)12-14-30(23,24)5/h20-26,31,34H,7-18H2,1-6H3/b32-19+/t20-,21+,22+,23-,24+,25+,26?,29+,30-/m1/s1. The maximum absolute atomic E-state index is 12.8. The molecule has 1 saturated heterocycles. The van der Waals surface area contributed by atoms with Crippen LogP contribution in [0.2, 0.25) is 0 Å². The summed E-state index contributed by atoms with van der Waals surface area (Å²) in [6.07, 6.45) is 11.5. The van der Waals surface area contributed by atoms with Gasteiger partial charge in [-0.25, -0.2) is 4.79 Å². The Labute approximate surface area is 219 Å². The Morgan fingerprint density at radius 3 is 2.44 bits per heavy atom. The van der Waals surface area contributed by atoms with E-state index in [4.69, 9.17) is 4.84 Å². The van der Waals surface area contributed by atoms with Gasteiger partial charge in [-0.2, -0.15) is 0 Å². The average molecular weight is 502 g/mol. The fourth-order valence-electron chi connectivity index (χ4n) is 9.85. The SMILES string of the molecule is C/C(=N\OC(=O)N(C)CC1NCCC1(C)C)[C@H]1CC[C@H]2[C@@H]3CC[C@@H]4C[C@@H](O)CC[C@]4(C)[C@H]3CC[C@]12C. The molecule has 1 aliphatic heterocycles. The molecule has 1 unspecified atom stereocenters. The summed E-state index contributed by atoms with van der Waals surface area (Å²) in [5.74, 6) is 3.45. The first-order valence-electron chi connectivity index (χ1n) is 14.8. The number of oxime groups is 1. The number of hydrogen-bond donors (Lipinski definition) is 2. The van der Waals surface area contributed by atoms with Gasteiger partial charge in [0.05, 0.1) is 11.8 Å². The van der Waals surface area contributed by atoms with Crippen molar-refractivity contribution in [2.75, 3.05) is 20.1 Å². The highest BCUT2D eigenvalue weighted by molar-refractivity contribution is 5.85. The second-order valence-electron chi connectivity index (χ2n) is 14.5. The van der Waals surface area contributed by atoms with Crippen molar-refractivity contribution >= 4 is 11.8 Å². The van der Waals surface area contributed by atoms with Gasteiger partial charge in [0.1, 0.15) is 0 Å². The third-order valence-corrected chi connectivity index (χ3v) is 12.3. The molecule has 0 bridgehead atoms. The molecule has 1 heterocycles. The first-order valence-corrected chi connectivity index (χ1v) is 14.8. The Bertz CT molecular complexity index is 874. The van der Waals surface area contributed by atoms with Crippen molar-refractivity contribution in [3.8, 4) is 0 Å². The molecule has 6 heteroatoms. The molecule has 4 aliphatic carbocycles. The minimum Gasteiger partial charge on any atom is -0.393 e. The Balaban J connectivity index is 1.22. The van der Waals surface area contributed by atoms with E-state index in [2.05, 4.69) is 45.1 Å². The van der Waals surface area contributed by atoms with Gasteiger partial charge in [0.2, 0.25) is 0 Å². The van der Waals surface area contributed by atoms with Crippen molar-refractivity contribution in [2.24, 2.45) is 51.0 Å². The van der Waals surface area contributed by atoms with Gasteiger partial charge >= 0.3 is 6.09 Å². The summed E-state index contributed by atoms with van der Waals surface area (Å²) < 4.78 is 0. The number of hydrogen-bond acceptors (Lipinski definition) is 5. The van der Waals surface area contributed by atoms with Crippen LogP contribution in [0.4, 0.5) is 4.79 Å². The highest BCUT2D eigenvalue weighted by atomic mass is 16.7. The molecule has 9 atom stereocenters. The van der Waals surface area contributed by atoms with Crippen LogP contribution in [0.25, 0.3) is 0 Å². The summed E-state index contributed by atoms with van der Waals surface area (Å²) in [6, 6.07) is 0.286. The van der Waals surface area contributed by atoms with Crippen LogP contribution in [-0.4, -0.2) is 54.1 Å². The van der Waals surface area contributed by atoms with E-state index in [1.807, 2.05) is 7.05 Å². The lowest BCUT2D eigenvalue weighted by Crippen LogP contribution is -2.54. The minimum absolute atomic E-state index is 0.0779. The highest BCUT2D eigenvalue weighted by Crippen LogP contribution is 2.67.